The molecule has 2 N–H and O–H groups in total. The van der Waals surface area contributed by atoms with Crippen molar-refractivity contribution in [2.45, 2.75) is 97.8 Å². The Morgan fingerprint density at radius 1 is 0.579 bits per heavy atom. The monoisotopic (exact) mass is 269 g/mol. The Labute approximate surface area is 122 Å². The van der Waals surface area contributed by atoms with Crippen molar-refractivity contribution in [2.24, 2.45) is 17.6 Å². The highest BCUT2D eigenvalue weighted by atomic mass is 14.5. The summed E-state index contributed by atoms with van der Waals surface area (Å²) in [5, 5.41) is 0. The van der Waals surface area contributed by atoms with Crippen molar-refractivity contribution in [2.75, 3.05) is 6.54 Å². The lowest BCUT2D eigenvalue weighted by molar-refractivity contribution is 0.327. The minimum Gasteiger partial charge on any atom is -0.330 e. The maximum atomic E-state index is 5.74. The van der Waals surface area contributed by atoms with Gasteiger partial charge in [0.1, 0.15) is 0 Å². The minimum atomic E-state index is 0.875. The van der Waals surface area contributed by atoms with Gasteiger partial charge in [-0.15, -0.1) is 0 Å². The number of rotatable bonds is 14. The summed E-state index contributed by atoms with van der Waals surface area (Å²) in [6.45, 7) is 7.81. The summed E-state index contributed by atoms with van der Waals surface area (Å²) in [5.74, 6) is 1.88. The highest BCUT2D eigenvalue weighted by Crippen LogP contribution is 2.26. The Kier molecular flexibility index (Phi) is 14.3. The van der Waals surface area contributed by atoms with Crippen LogP contribution in [0.3, 0.4) is 0 Å². The Bertz CT molecular complexity index is 161. The summed E-state index contributed by atoms with van der Waals surface area (Å²) < 4.78 is 0. The lowest BCUT2D eigenvalue weighted by Crippen LogP contribution is -2.11. The van der Waals surface area contributed by atoms with Crippen molar-refractivity contribution in [1.29, 1.82) is 0 Å². The lowest BCUT2D eigenvalue weighted by atomic mass is 9.86. The molecule has 0 aromatic rings. The molecule has 0 saturated heterocycles. The van der Waals surface area contributed by atoms with E-state index in [1.165, 1.54) is 77.0 Å². The largest absolute Gasteiger partial charge is 0.330 e. The van der Waals surface area contributed by atoms with Gasteiger partial charge in [0.2, 0.25) is 0 Å². The van der Waals surface area contributed by atoms with Gasteiger partial charge in [0, 0.05) is 0 Å². The first kappa shape index (κ1) is 19.0. The van der Waals surface area contributed by atoms with Crippen LogP contribution in [0.15, 0.2) is 0 Å². The van der Waals surface area contributed by atoms with E-state index in [9.17, 15) is 0 Å². The average Bonchev–Trinajstić information content (AvgIpc) is 2.41. The first-order chi connectivity index (χ1) is 9.28. The molecule has 0 aromatic heterocycles. The van der Waals surface area contributed by atoms with E-state index in [0.29, 0.717) is 0 Å². The van der Waals surface area contributed by atoms with Crippen LogP contribution in [0.5, 0.6) is 0 Å². The van der Waals surface area contributed by atoms with E-state index in [1.807, 2.05) is 0 Å². The first-order valence-electron chi connectivity index (χ1n) is 8.98. The van der Waals surface area contributed by atoms with Crippen LogP contribution in [0.25, 0.3) is 0 Å². The molecule has 0 aromatic carbocycles. The number of nitrogens with two attached hydrogens (primary N) is 1. The van der Waals surface area contributed by atoms with Gasteiger partial charge in [-0.05, 0) is 24.8 Å². The Balaban J connectivity index is 3.88. The number of unbranched alkanes of at least 4 members (excludes halogenated alkanes) is 3. The molecule has 0 spiro atoms. The van der Waals surface area contributed by atoms with Gasteiger partial charge in [-0.2, -0.15) is 0 Å². The predicted molar refractivity (Wildman–Crippen MR) is 88.5 cm³/mol. The van der Waals surface area contributed by atoms with Crippen LogP contribution < -0.4 is 5.73 Å². The number of hydrogen-bond acceptors (Lipinski definition) is 1. The molecule has 0 radical (unpaired) electrons. The van der Waals surface area contributed by atoms with Crippen LogP contribution in [0.4, 0.5) is 0 Å². The van der Waals surface area contributed by atoms with Crippen LogP contribution in [-0.2, 0) is 0 Å². The lowest BCUT2D eigenvalue weighted by Gasteiger charge is -2.20. The van der Waals surface area contributed by atoms with Crippen molar-refractivity contribution in [1.82, 2.24) is 0 Å². The molecule has 0 fully saturated rings. The highest BCUT2D eigenvalue weighted by Gasteiger charge is 2.12. The maximum absolute atomic E-state index is 5.74. The van der Waals surface area contributed by atoms with Gasteiger partial charge in [-0.25, -0.2) is 0 Å². The van der Waals surface area contributed by atoms with Crippen molar-refractivity contribution in [3.8, 4) is 0 Å². The molecular formula is C18H39N. The smallest absolute Gasteiger partial charge is 0.00746 e. The van der Waals surface area contributed by atoms with Crippen LogP contribution in [0.2, 0.25) is 0 Å². The SMILES string of the molecule is CCCCCCC(CCC)CCC(CCC)CCN. The van der Waals surface area contributed by atoms with Crippen molar-refractivity contribution < 1.29 is 0 Å². The van der Waals surface area contributed by atoms with Crippen LogP contribution >= 0.6 is 0 Å². The molecule has 0 amide bonds. The molecule has 0 aliphatic heterocycles. The molecule has 0 aliphatic carbocycles. The van der Waals surface area contributed by atoms with E-state index in [1.54, 1.807) is 0 Å². The minimum absolute atomic E-state index is 0.875. The van der Waals surface area contributed by atoms with E-state index in [2.05, 4.69) is 20.8 Å². The predicted octanol–water partition coefficient (Wildman–Crippen LogP) is 5.92. The molecule has 1 heteroatoms. The van der Waals surface area contributed by atoms with Gasteiger partial charge >= 0.3 is 0 Å². The fourth-order valence-corrected chi connectivity index (χ4v) is 3.25. The topological polar surface area (TPSA) is 26.0 Å². The summed E-state index contributed by atoms with van der Waals surface area (Å²) in [5.41, 5.74) is 5.74. The summed E-state index contributed by atoms with van der Waals surface area (Å²) in [6.07, 6.45) is 16.7. The maximum Gasteiger partial charge on any atom is -0.00746 e. The van der Waals surface area contributed by atoms with Crippen molar-refractivity contribution in [3.63, 3.8) is 0 Å². The van der Waals surface area contributed by atoms with Gasteiger partial charge in [-0.1, -0.05) is 91.4 Å². The standard InChI is InChI=1S/C18H39N/c1-4-7-8-9-12-17(10-5-2)13-14-18(11-6-3)15-16-19/h17-18H,4-16,19H2,1-3H3. The summed E-state index contributed by atoms with van der Waals surface area (Å²) in [4.78, 5) is 0. The molecule has 0 saturated carbocycles. The zero-order valence-electron chi connectivity index (χ0n) is 13.9. The highest BCUT2D eigenvalue weighted by molar-refractivity contribution is 4.65. The third-order valence-electron chi connectivity index (χ3n) is 4.42. The molecule has 0 aliphatic rings. The Hall–Kier alpha value is -0.0400. The average molecular weight is 270 g/mol. The molecule has 2 atom stereocenters. The molecule has 116 valence electrons. The summed E-state index contributed by atoms with van der Waals surface area (Å²) in [6, 6.07) is 0. The third kappa shape index (κ3) is 11.5. The van der Waals surface area contributed by atoms with E-state index >= 15 is 0 Å². The van der Waals surface area contributed by atoms with Gasteiger partial charge in [0.05, 0.1) is 0 Å². The molecule has 0 rings (SSSR count). The third-order valence-corrected chi connectivity index (χ3v) is 4.42. The summed E-state index contributed by atoms with van der Waals surface area (Å²) >= 11 is 0. The van der Waals surface area contributed by atoms with E-state index < -0.39 is 0 Å². The molecule has 0 bridgehead atoms. The van der Waals surface area contributed by atoms with Crippen molar-refractivity contribution >= 4 is 0 Å². The molecule has 1 nitrogen and oxygen atoms in total. The van der Waals surface area contributed by atoms with Crippen molar-refractivity contribution in [3.05, 3.63) is 0 Å². The quantitative estimate of drug-likeness (QED) is 0.389. The molecule has 2 unspecified atom stereocenters. The van der Waals surface area contributed by atoms with Gasteiger partial charge in [0.25, 0.3) is 0 Å². The first-order valence-corrected chi connectivity index (χ1v) is 8.98. The van der Waals surface area contributed by atoms with Crippen LogP contribution in [0.1, 0.15) is 97.8 Å². The zero-order chi connectivity index (χ0) is 14.3. The van der Waals surface area contributed by atoms with Crippen LogP contribution in [0, 0.1) is 11.8 Å². The summed E-state index contributed by atoms with van der Waals surface area (Å²) in [7, 11) is 0. The van der Waals surface area contributed by atoms with Crippen LogP contribution in [-0.4, -0.2) is 6.54 Å². The normalized spacial score (nSPS) is 14.5. The fraction of sp³-hybridized carbons (Fsp3) is 1.00. The second kappa shape index (κ2) is 14.4. The molecule has 19 heavy (non-hydrogen) atoms. The van der Waals surface area contributed by atoms with Gasteiger partial charge in [0.15, 0.2) is 0 Å². The van der Waals surface area contributed by atoms with E-state index in [0.717, 1.165) is 18.4 Å². The van der Waals surface area contributed by atoms with E-state index in [4.69, 9.17) is 5.73 Å². The second-order valence-corrected chi connectivity index (χ2v) is 6.31. The van der Waals surface area contributed by atoms with Gasteiger partial charge in [-0.3, -0.25) is 0 Å². The van der Waals surface area contributed by atoms with E-state index in [-0.39, 0.29) is 0 Å². The zero-order valence-corrected chi connectivity index (χ0v) is 13.9. The Morgan fingerprint density at radius 3 is 1.63 bits per heavy atom. The number of hydrogen-bond donors (Lipinski definition) is 1. The fourth-order valence-electron chi connectivity index (χ4n) is 3.25. The Morgan fingerprint density at radius 2 is 1.16 bits per heavy atom. The van der Waals surface area contributed by atoms with Gasteiger partial charge < -0.3 is 5.73 Å². The molecular weight excluding hydrogens is 230 g/mol. The second-order valence-electron chi connectivity index (χ2n) is 6.31. The molecule has 0 heterocycles.